The number of aliphatic hydroxyl groups is 1. The van der Waals surface area contributed by atoms with Crippen molar-refractivity contribution < 1.29 is 9.90 Å². The smallest absolute Gasteiger partial charge is 0.238 e. The first-order valence-corrected chi connectivity index (χ1v) is 5.96. The van der Waals surface area contributed by atoms with Crippen LogP contribution in [0.3, 0.4) is 0 Å². The number of amides is 1. The molecule has 5 heteroatoms. The van der Waals surface area contributed by atoms with Crippen molar-refractivity contribution in [3.8, 4) is 0 Å². The zero-order chi connectivity index (χ0) is 13.5. The van der Waals surface area contributed by atoms with E-state index in [0.717, 1.165) is 11.3 Å². The largest absolute Gasteiger partial charge is 0.395 e. The Balaban J connectivity index is 2.48. The first-order chi connectivity index (χ1) is 8.56. The van der Waals surface area contributed by atoms with Crippen LogP contribution in [0.5, 0.6) is 0 Å². The number of carbonyl (C=O) groups is 1. The van der Waals surface area contributed by atoms with Gasteiger partial charge in [0.15, 0.2) is 0 Å². The summed E-state index contributed by atoms with van der Waals surface area (Å²) in [6.07, 6.45) is 0. The van der Waals surface area contributed by atoms with E-state index in [9.17, 15) is 4.79 Å². The minimum Gasteiger partial charge on any atom is -0.395 e. The maximum Gasteiger partial charge on any atom is 0.238 e. The van der Waals surface area contributed by atoms with Gasteiger partial charge < -0.3 is 16.2 Å². The first kappa shape index (κ1) is 14.6. The fourth-order valence-corrected chi connectivity index (χ4v) is 1.45. The maximum absolute atomic E-state index is 11.7. The summed E-state index contributed by atoms with van der Waals surface area (Å²) in [7, 11) is 1.80. The Hall–Kier alpha value is -1.43. The average Bonchev–Trinajstić information content (AvgIpc) is 2.38. The van der Waals surface area contributed by atoms with Gasteiger partial charge in [-0.1, -0.05) is 12.1 Å². The molecule has 100 valence electrons. The third-order valence-corrected chi connectivity index (χ3v) is 2.88. The first-order valence-electron chi connectivity index (χ1n) is 5.96. The van der Waals surface area contributed by atoms with E-state index in [2.05, 4.69) is 5.32 Å². The molecule has 0 saturated heterocycles. The lowest BCUT2D eigenvalue weighted by Crippen LogP contribution is -2.38. The van der Waals surface area contributed by atoms with E-state index in [1.807, 2.05) is 31.2 Å². The summed E-state index contributed by atoms with van der Waals surface area (Å²) in [5.74, 6) is -0.0988. The van der Waals surface area contributed by atoms with Crippen LogP contribution in [0.15, 0.2) is 24.3 Å². The summed E-state index contributed by atoms with van der Waals surface area (Å²) in [5, 5.41) is 11.8. The van der Waals surface area contributed by atoms with E-state index in [1.54, 1.807) is 11.9 Å². The molecule has 1 aromatic carbocycles. The third-order valence-electron chi connectivity index (χ3n) is 2.88. The molecule has 0 aliphatic heterocycles. The molecule has 0 radical (unpaired) electrons. The van der Waals surface area contributed by atoms with E-state index in [1.165, 1.54) is 0 Å². The monoisotopic (exact) mass is 251 g/mol. The third kappa shape index (κ3) is 4.44. The number of aliphatic hydroxyl groups excluding tert-OH is 1. The van der Waals surface area contributed by atoms with Crippen LogP contribution in [-0.4, -0.2) is 42.2 Å². The molecule has 4 N–H and O–H groups in total. The number of benzene rings is 1. The highest BCUT2D eigenvalue weighted by molar-refractivity contribution is 5.92. The summed E-state index contributed by atoms with van der Waals surface area (Å²) in [6, 6.07) is 7.39. The number of likely N-dealkylation sites (N-methyl/N-ethyl adjacent to an activating group) is 1. The number of nitrogens with two attached hydrogens (primary N) is 1. The SMILES string of the molecule is CC(CO)N(C)CC(=O)Nc1ccc(CN)cc1. The Labute approximate surface area is 108 Å². The van der Waals surface area contributed by atoms with E-state index in [-0.39, 0.29) is 25.1 Å². The van der Waals surface area contributed by atoms with Crippen LogP contribution in [0.4, 0.5) is 5.69 Å². The molecule has 0 heterocycles. The summed E-state index contributed by atoms with van der Waals surface area (Å²) < 4.78 is 0. The molecule has 0 fully saturated rings. The van der Waals surface area contributed by atoms with Crippen molar-refractivity contribution in [1.82, 2.24) is 4.90 Å². The molecule has 0 spiro atoms. The van der Waals surface area contributed by atoms with Gasteiger partial charge in [0.1, 0.15) is 0 Å². The van der Waals surface area contributed by atoms with Crippen LogP contribution < -0.4 is 11.1 Å². The summed E-state index contributed by atoms with van der Waals surface area (Å²) in [4.78, 5) is 13.5. The summed E-state index contributed by atoms with van der Waals surface area (Å²) >= 11 is 0. The fourth-order valence-electron chi connectivity index (χ4n) is 1.45. The predicted octanol–water partition coefficient (Wildman–Crippen LogP) is 0.396. The fraction of sp³-hybridized carbons (Fsp3) is 0.462. The second-order valence-corrected chi connectivity index (χ2v) is 4.40. The Morgan fingerprint density at radius 1 is 1.44 bits per heavy atom. The predicted molar refractivity (Wildman–Crippen MR) is 72.1 cm³/mol. The number of hydrogen-bond acceptors (Lipinski definition) is 4. The van der Waals surface area contributed by atoms with E-state index >= 15 is 0 Å². The van der Waals surface area contributed by atoms with Crippen molar-refractivity contribution in [3.05, 3.63) is 29.8 Å². The zero-order valence-electron chi connectivity index (χ0n) is 10.9. The topological polar surface area (TPSA) is 78.6 Å². The van der Waals surface area contributed by atoms with E-state index in [0.29, 0.717) is 6.54 Å². The maximum atomic E-state index is 11.7. The van der Waals surface area contributed by atoms with Crippen molar-refractivity contribution in [1.29, 1.82) is 0 Å². The number of nitrogens with one attached hydrogen (secondary N) is 1. The van der Waals surface area contributed by atoms with Crippen molar-refractivity contribution in [3.63, 3.8) is 0 Å². The van der Waals surface area contributed by atoms with Crippen LogP contribution in [-0.2, 0) is 11.3 Å². The van der Waals surface area contributed by atoms with Crippen molar-refractivity contribution in [2.75, 3.05) is 25.5 Å². The highest BCUT2D eigenvalue weighted by Crippen LogP contribution is 2.09. The number of rotatable bonds is 6. The number of hydrogen-bond donors (Lipinski definition) is 3. The van der Waals surface area contributed by atoms with Gasteiger partial charge in [-0.05, 0) is 31.7 Å². The highest BCUT2D eigenvalue weighted by Gasteiger charge is 2.12. The van der Waals surface area contributed by atoms with E-state index in [4.69, 9.17) is 10.8 Å². The van der Waals surface area contributed by atoms with Crippen LogP contribution in [0.1, 0.15) is 12.5 Å². The molecule has 0 aliphatic carbocycles. The van der Waals surface area contributed by atoms with Crippen molar-refractivity contribution in [2.45, 2.75) is 19.5 Å². The lowest BCUT2D eigenvalue weighted by molar-refractivity contribution is -0.117. The molecule has 1 unspecified atom stereocenters. The van der Waals surface area contributed by atoms with E-state index < -0.39 is 0 Å². The molecule has 18 heavy (non-hydrogen) atoms. The highest BCUT2D eigenvalue weighted by atomic mass is 16.3. The van der Waals surface area contributed by atoms with Crippen molar-refractivity contribution >= 4 is 11.6 Å². The molecule has 0 bridgehead atoms. The van der Waals surface area contributed by atoms with Gasteiger partial charge in [-0.25, -0.2) is 0 Å². The minimum atomic E-state index is -0.0988. The lowest BCUT2D eigenvalue weighted by atomic mass is 10.2. The molecule has 0 aliphatic rings. The molecule has 1 amide bonds. The standard InChI is InChI=1S/C13H21N3O2/c1-10(9-17)16(2)8-13(18)15-12-5-3-11(7-14)4-6-12/h3-6,10,17H,7-9,14H2,1-2H3,(H,15,18). The second kappa shape index (κ2) is 7.10. The van der Waals surface area contributed by atoms with Crippen molar-refractivity contribution in [2.24, 2.45) is 5.73 Å². The lowest BCUT2D eigenvalue weighted by Gasteiger charge is -2.21. The number of anilines is 1. The van der Waals surface area contributed by atoms with Gasteiger partial charge in [0.25, 0.3) is 0 Å². The number of nitrogens with zero attached hydrogens (tertiary/aromatic N) is 1. The van der Waals surface area contributed by atoms with Gasteiger partial charge >= 0.3 is 0 Å². The van der Waals surface area contributed by atoms with Crippen LogP contribution >= 0.6 is 0 Å². The molecule has 0 aromatic heterocycles. The molecule has 1 aromatic rings. The molecular weight excluding hydrogens is 230 g/mol. The molecule has 1 rings (SSSR count). The second-order valence-electron chi connectivity index (χ2n) is 4.40. The van der Waals surface area contributed by atoms with Gasteiger partial charge in [-0.3, -0.25) is 9.69 Å². The van der Waals surface area contributed by atoms with Crippen LogP contribution in [0, 0.1) is 0 Å². The Morgan fingerprint density at radius 2 is 2.06 bits per heavy atom. The average molecular weight is 251 g/mol. The minimum absolute atomic E-state index is 0.0321. The Kier molecular flexibility index (Phi) is 5.77. The Morgan fingerprint density at radius 3 is 2.56 bits per heavy atom. The molecule has 1 atom stereocenters. The van der Waals surface area contributed by atoms with Gasteiger partial charge in [0, 0.05) is 18.3 Å². The summed E-state index contributed by atoms with van der Waals surface area (Å²) in [5.41, 5.74) is 7.28. The normalized spacial score (nSPS) is 12.5. The number of carbonyl (C=O) groups excluding carboxylic acids is 1. The van der Waals surface area contributed by atoms with Gasteiger partial charge in [-0.15, -0.1) is 0 Å². The molecular formula is C13H21N3O2. The summed E-state index contributed by atoms with van der Waals surface area (Å²) in [6.45, 7) is 2.64. The van der Waals surface area contributed by atoms with Crippen LogP contribution in [0.25, 0.3) is 0 Å². The molecule has 5 nitrogen and oxygen atoms in total. The quantitative estimate of drug-likeness (QED) is 0.683. The van der Waals surface area contributed by atoms with Gasteiger partial charge in [0.05, 0.1) is 13.2 Å². The van der Waals surface area contributed by atoms with Gasteiger partial charge in [0.2, 0.25) is 5.91 Å². The Bertz CT molecular complexity index is 378. The zero-order valence-corrected chi connectivity index (χ0v) is 10.9. The molecule has 0 saturated carbocycles. The van der Waals surface area contributed by atoms with Gasteiger partial charge in [-0.2, -0.15) is 0 Å². The van der Waals surface area contributed by atoms with Crippen LogP contribution in [0.2, 0.25) is 0 Å².